The first-order valence-electron chi connectivity index (χ1n) is 10.4. The van der Waals surface area contributed by atoms with E-state index in [4.69, 9.17) is 18.9 Å². The molecule has 0 saturated carbocycles. The minimum Gasteiger partial charge on any atom is -0.497 e. The van der Waals surface area contributed by atoms with Crippen LogP contribution in [0.15, 0.2) is 65.6 Å². The molecule has 0 bridgehead atoms. The molecule has 0 amide bonds. The molecule has 0 aliphatic heterocycles. The summed E-state index contributed by atoms with van der Waals surface area (Å²) < 4.78 is 50.1. The second-order valence-corrected chi connectivity index (χ2v) is 8.92. The minimum atomic E-state index is -3.93. The average molecular weight is 497 g/mol. The van der Waals surface area contributed by atoms with E-state index in [1.807, 2.05) is 0 Å². The second-order valence-electron chi connectivity index (χ2n) is 7.23. The topological polar surface area (TPSA) is 121 Å². The lowest BCUT2D eigenvalue weighted by molar-refractivity contribution is 0.324. The van der Waals surface area contributed by atoms with Crippen LogP contribution in [-0.2, 0) is 10.0 Å². The van der Waals surface area contributed by atoms with Crippen molar-refractivity contribution < 1.29 is 27.4 Å². The smallest absolute Gasteiger partial charge is 0.263 e. The molecule has 4 rings (SSSR count). The first-order valence-corrected chi connectivity index (χ1v) is 11.9. The Bertz CT molecular complexity index is 1440. The summed E-state index contributed by atoms with van der Waals surface area (Å²) in [5, 5.41) is 3.12. The minimum absolute atomic E-state index is 0.0141. The molecule has 1 aromatic heterocycles. The lowest BCUT2D eigenvalue weighted by Gasteiger charge is -2.17. The van der Waals surface area contributed by atoms with Crippen LogP contribution < -0.4 is 29.0 Å². The quantitative estimate of drug-likeness (QED) is 0.351. The van der Waals surface area contributed by atoms with Gasteiger partial charge < -0.3 is 24.3 Å². The Kier molecular flexibility index (Phi) is 6.78. The van der Waals surface area contributed by atoms with Crippen LogP contribution in [0.1, 0.15) is 0 Å². The van der Waals surface area contributed by atoms with Crippen molar-refractivity contribution in [2.24, 2.45) is 0 Å². The molecular formula is C24H24N4O6S. The van der Waals surface area contributed by atoms with Crippen LogP contribution in [0, 0.1) is 0 Å². The molecule has 1 heterocycles. The number of hydrogen-bond donors (Lipinski definition) is 2. The van der Waals surface area contributed by atoms with Gasteiger partial charge in [0.2, 0.25) is 5.75 Å². The summed E-state index contributed by atoms with van der Waals surface area (Å²) in [5.41, 5.74) is 1.49. The van der Waals surface area contributed by atoms with Crippen LogP contribution in [-0.4, -0.2) is 46.8 Å². The zero-order chi connectivity index (χ0) is 25.0. The first kappa shape index (κ1) is 23.9. The highest BCUT2D eigenvalue weighted by molar-refractivity contribution is 7.92. The van der Waals surface area contributed by atoms with Crippen molar-refractivity contribution in [3.8, 4) is 23.0 Å². The number of anilines is 3. The van der Waals surface area contributed by atoms with Crippen LogP contribution in [0.2, 0.25) is 0 Å². The Morgan fingerprint density at radius 1 is 0.714 bits per heavy atom. The van der Waals surface area contributed by atoms with E-state index in [2.05, 4.69) is 20.0 Å². The number of hydrogen-bond acceptors (Lipinski definition) is 9. The predicted molar refractivity (Wildman–Crippen MR) is 133 cm³/mol. The number of nitrogens with zero attached hydrogens (tertiary/aromatic N) is 2. The fourth-order valence-electron chi connectivity index (χ4n) is 3.40. The Balaban J connectivity index is 1.84. The SMILES string of the molecule is COc1ccc2nc(NS(=O)(=O)c3ccccc3)c(Nc3cc(OC)c(OC)c(OC)c3)nc2c1. The lowest BCUT2D eigenvalue weighted by atomic mass is 10.2. The van der Waals surface area contributed by atoms with Gasteiger partial charge in [-0.2, -0.15) is 0 Å². The van der Waals surface area contributed by atoms with Crippen molar-refractivity contribution in [2.45, 2.75) is 4.90 Å². The number of nitrogens with one attached hydrogen (secondary N) is 2. The number of aromatic nitrogens is 2. The standard InChI is InChI=1S/C24H24N4O6S/c1-31-16-10-11-18-19(14-16)27-23(24(26-18)28-35(29,30)17-8-6-5-7-9-17)25-15-12-20(32-2)22(34-4)21(13-15)33-3/h5-14H,1-4H3,(H,25,27)(H,26,28). The largest absolute Gasteiger partial charge is 0.497 e. The third-order valence-electron chi connectivity index (χ3n) is 5.08. The average Bonchev–Trinajstić information content (AvgIpc) is 2.88. The van der Waals surface area contributed by atoms with E-state index in [1.54, 1.807) is 55.6 Å². The molecule has 0 aliphatic carbocycles. The number of methoxy groups -OCH3 is 4. The predicted octanol–water partition coefficient (Wildman–Crippen LogP) is 4.21. The number of fused-ring (bicyclic) bond motifs is 1. The van der Waals surface area contributed by atoms with Crippen LogP contribution >= 0.6 is 0 Å². The summed E-state index contributed by atoms with van der Waals surface area (Å²) in [6.45, 7) is 0. The molecule has 3 aromatic carbocycles. The van der Waals surface area contributed by atoms with Gasteiger partial charge in [-0.25, -0.2) is 18.4 Å². The normalized spacial score (nSPS) is 11.1. The highest BCUT2D eigenvalue weighted by Gasteiger charge is 2.20. The molecule has 0 aliphatic rings. The third kappa shape index (κ3) is 4.99. The summed E-state index contributed by atoms with van der Waals surface area (Å²) in [5.74, 6) is 2.01. The number of sulfonamides is 1. The number of rotatable bonds is 9. The zero-order valence-corrected chi connectivity index (χ0v) is 20.3. The van der Waals surface area contributed by atoms with Gasteiger partial charge in [0.15, 0.2) is 23.1 Å². The summed E-state index contributed by atoms with van der Waals surface area (Å²) >= 11 is 0. The Hall–Kier alpha value is -4.25. The van der Waals surface area contributed by atoms with E-state index >= 15 is 0 Å². The first-order chi connectivity index (χ1) is 16.9. The van der Waals surface area contributed by atoms with Gasteiger partial charge in [0.05, 0.1) is 44.4 Å². The lowest BCUT2D eigenvalue weighted by Crippen LogP contribution is -2.16. The van der Waals surface area contributed by atoms with Crippen molar-refractivity contribution in [2.75, 3.05) is 38.5 Å². The van der Waals surface area contributed by atoms with Crippen molar-refractivity contribution >= 4 is 38.4 Å². The van der Waals surface area contributed by atoms with Crippen LogP contribution in [0.4, 0.5) is 17.3 Å². The van der Waals surface area contributed by atoms with Gasteiger partial charge in [-0.1, -0.05) is 18.2 Å². The highest BCUT2D eigenvalue weighted by Crippen LogP contribution is 2.41. The Labute approximate surface area is 202 Å². The maximum Gasteiger partial charge on any atom is 0.263 e. The summed E-state index contributed by atoms with van der Waals surface area (Å²) in [6, 6.07) is 16.5. The molecule has 0 fully saturated rings. The Morgan fingerprint density at radius 2 is 1.37 bits per heavy atom. The molecule has 4 aromatic rings. The zero-order valence-electron chi connectivity index (χ0n) is 19.5. The summed E-state index contributed by atoms with van der Waals surface area (Å²) in [6.07, 6.45) is 0. The van der Waals surface area contributed by atoms with E-state index in [1.165, 1.54) is 33.5 Å². The van der Waals surface area contributed by atoms with Gasteiger partial charge in [0.25, 0.3) is 10.0 Å². The van der Waals surface area contributed by atoms with E-state index < -0.39 is 10.0 Å². The van der Waals surface area contributed by atoms with Gasteiger partial charge >= 0.3 is 0 Å². The van der Waals surface area contributed by atoms with Crippen molar-refractivity contribution in [1.29, 1.82) is 0 Å². The van der Waals surface area contributed by atoms with Gasteiger partial charge in [-0.05, 0) is 24.3 Å². The molecule has 0 atom stereocenters. The maximum atomic E-state index is 13.0. The summed E-state index contributed by atoms with van der Waals surface area (Å²) in [4.78, 5) is 9.23. The van der Waals surface area contributed by atoms with Crippen LogP contribution in [0.3, 0.4) is 0 Å². The van der Waals surface area contributed by atoms with Crippen LogP contribution in [0.5, 0.6) is 23.0 Å². The van der Waals surface area contributed by atoms with Crippen LogP contribution in [0.25, 0.3) is 11.0 Å². The second kappa shape index (κ2) is 9.94. The maximum absolute atomic E-state index is 13.0. The fraction of sp³-hybridized carbons (Fsp3) is 0.167. The molecule has 0 unspecified atom stereocenters. The molecule has 0 radical (unpaired) electrons. The highest BCUT2D eigenvalue weighted by atomic mass is 32.2. The molecule has 0 saturated heterocycles. The number of benzene rings is 3. The monoisotopic (exact) mass is 496 g/mol. The fourth-order valence-corrected chi connectivity index (χ4v) is 4.43. The van der Waals surface area contributed by atoms with E-state index in [-0.39, 0.29) is 16.5 Å². The van der Waals surface area contributed by atoms with Crippen molar-refractivity contribution in [1.82, 2.24) is 9.97 Å². The molecule has 2 N–H and O–H groups in total. The van der Waals surface area contributed by atoms with Gasteiger partial charge in [0, 0.05) is 23.9 Å². The van der Waals surface area contributed by atoms with E-state index in [0.717, 1.165) is 0 Å². The van der Waals surface area contributed by atoms with E-state index in [0.29, 0.717) is 39.7 Å². The number of ether oxygens (including phenoxy) is 4. The Morgan fingerprint density at radius 3 is 1.97 bits per heavy atom. The summed E-state index contributed by atoms with van der Waals surface area (Å²) in [7, 11) is 2.13. The molecule has 35 heavy (non-hydrogen) atoms. The molecule has 11 heteroatoms. The van der Waals surface area contributed by atoms with Gasteiger partial charge in [0.1, 0.15) is 5.75 Å². The molecular weight excluding hydrogens is 472 g/mol. The molecule has 182 valence electrons. The van der Waals surface area contributed by atoms with E-state index in [9.17, 15) is 8.42 Å². The molecule has 0 spiro atoms. The van der Waals surface area contributed by atoms with Gasteiger partial charge in [-0.3, -0.25) is 4.72 Å². The van der Waals surface area contributed by atoms with Gasteiger partial charge in [-0.15, -0.1) is 0 Å². The molecule has 10 nitrogen and oxygen atoms in total. The van der Waals surface area contributed by atoms with Crippen molar-refractivity contribution in [3.63, 3.8) is 0 Å². The van der Waals surface area contributed by atoms with Crippen molar-refractivity contribution in [3.05, 3.63) is 60.7 Å². The third-order valence-corrected chi connectivity index (χ3v) is 6.44.